The molecule has 1 aliphatic heterocycles. The lowest BCUT2D eigenvalue weighted by molar-refractivity contribution is 0.0401. The van der Waals surface area contributed by atoms with Gasteiger partial charge in [0.15, 0.2) is 0 Å². The zero-order chi connectivity index (χ0) is 10.8. The molecule has 0 bridgehead atoms. The van der Waals surface area contributed by atoms with Crippen molar-refractivity contribution in [2.75, 3.05) is 25.6 Å². The van der Waals surface area contributed by atoms with Crippen molar-refractivity contribution in [2.24, 2.45) is 0 Å². The molecule has 84 valence electrons. The molecule has 0 radical (unpaired) electrons. The predicted molar refractivity (Wildman–Crippen MR) is 56.1 cm³/mol. The van der Waals surface area contributed by atoms with Crippen LogP contribution in [0.2, 0.25) is 0 Å². The quantitative estimate of drug-likeness (QED) is 0.683. The Morgan fingerprint density at radius 2 is 2.21 bits per heavy atom. The molecule has 0 aliphatic carbocycles. The Morgan fingerprint density at radius 1 is 1.57 bits per heavy atom. The summed E-state index contributed by atoms with van der Waals surface area (Å²) in [5.41, 5.74) is 0. The second kappa shape index (κ2) is 4.79. The molecule has 6 heteroatoms. The molecule has 4 nitrogen and oxygen atoms in total. The molecule has 1 fully saturated rings. The summed E-state index contributed by atoms with van der Waals surface area (Å²) in [6.45, 7) is 4.62. The van der Waals surface area contributed by atoms with Gasteiger partial charge in [-0.25, -0.2) is 8.42 Å². The fraction of sp³-hybridized carbons (Fsp3) is 1.00. The van der Waals surface area contributed by atoms with Gasteiger partial charge in [-0.3, -0.25) is 0 Å². The van der Waals surface area contributed by atoms with E-state index in [0.717, 1.165) is 0 Å². The molecule has 0 amide bonds. The Hall–Kier alpha value is 0.160. The predicted octanol–water partition coefficient (Wildman–Crippen LogP) is 0.664. The van der Waals surface area contributed by atoms with Gasteiger partial charge in [0.1, 0.15) is 0 Å². The standard InChI is InChI=1S/C8H16ClNO3S/c1-7(2)14(11,12)10-3-4-13-6-8(10)5-9/h7-8H,3-6H2,1-2H3. The Bertz CT molecular complexity index is 278. The summed E-state index contributed by atoms with van der Waals surface area (Å²) < 4.78 is 30.4. The second-order valence-corrected chi connectivity index (χ2v) is 6.34. The zero-order valence-electron chi connectivity index (χ0n) is 8.44. The number of alkyl halides is 1. The van der Waals surface area contributed by atoms with Gasteiger partial charge in [-0.2, -0.15) is 4.31 Å². The average molecular weight is 242 g/mol. The number of nitrogens with zero attached hydrogens (tertiary/aromatic N) is 1. The molecule has 0 saturated carbocycles. The van der Waals surface area contributed by atoms with Gasteiger partial charge in [-0.05, 0) is 13.8 Å². The molecular weight excluding hydrogens is 226 g/mol. The van der Waals surface area contributed by atoms with E-state index in [0.29, 0.717) is 19.8 Å². The summed E-state index contributed by atoms with van der Waals surface area (Å²) in [7, 11) is -3.19. The number of hydrogen-bond acceptors (Lipinski definition) is 3. The topological polar surface area (TPSA) is 46.6 Å². The van der Waals surface area contributed by atoms with E-state index in [1.807, 2.05) is 0 Å². The average Bonchev–Trinajstić information content (AvgIpc) is 2.17. The molecule has 0 spiro atoms. The molecule has 1 saturated heterocycles. The highest BCUT2D eigenvalue weighted by Crippen LogP contribution is 2.17. The van der Waals surface area contributed by atoms with Crippen LogP contribution in [0.25, 0.3) is 0 Å². The minimum Gasteiger partial charge on any atom is -0.378 e. The Kier molecular flexibility index (Phi) is 4.18. The van der Waals surface area contributed by atoms with Crippen molar-refractivity contribution in [3.63, 3.8) is 0 Å². The van der Waals surface area contributed by atoms with E-state index in [4.69, 9.17) is 16.3 Å². The number of sulfonamides is 1. The van der Waals surface area contributed by atoms with Crippen LogP contribution in [-0.4, -0.2) is 49.7 Å². The molecule has 0 aromatic carbocycles. The first-order chi connectivity index (χ1) is 6.50. The van der Waals surface area contributed by atoms with Gasteiger partial charge >= 0.3 is 0 Å². The van der Waals surface area contributed by atoms with Gasteiger partial charge in [0.2, 0.25) is 10.0 Å². The van der Waals surface area contributed by atoms with Crippen LogP contribution in [0.5, 0.6) is 0 Å². The molecule has 1 atom stereocenters. The van der Waals surface area contributed by atoms with Crippen molar-refractivity contribution in [2.45, 2.75) is 25.1 Å². The van der Waals surface area contributed by atoms with Crippen LogP contribution in [0.4, 0.5) is 0 Å². The van der Waals surface area contributed by atoms with Crippen LogP contribution < -0.4 is 0 Å². The normalized spacial score (nSPS) is 25.6. The maximum Gasteiger partial charge on any atom is 0.216 e. The lowest BCUT2D eigenvalue weighted by atomic mass is 10.3. The molecule has 0 aromatic heterocycles. The van der Waals surface area contributed by atoms with Crippen molar-refractivity contribution in [1.82, 2.24) is 4.31 Å². The van der Waals surface area contributed by atoms with E-state index in [1.165, 1.54) is 4.31 Å². The highest BCUT2D eigenvalue weighted by molar-refractivity contribution is 7.89. The smallest absolute Gasteiger partial charge is 0.216 e. The van der Waals surface area contributed by atoms with Crippen molar-refractivity contribution < 1.29 is 13.2 Å². The van der Waals surface area contributed by atoms with E-state index in [-0.39, 0.29) is 11.9 Å². The highest BCUT2D eigenvalue weighted by atomic mass is 35.5. The van der Waals surface area contributed by atoms with E-state index in [2.05, 4.69) is 0 Å². The third kappa shape index (κ3) is 2.39. The maximum atomic E-state index is 11.9. The van der Waals surface area contributed by atoms with E-state index >= 15 is 0 Å². The summed E-state index contributed by atoms with van der Waals surface area (Å²) in [6, 6.07) is -0.210. The summed E-state index contributed by atoms with van der Waals surface area (Å²) in [4.78, 5) is 0. The first kappa shape index (κ1) is 12.2. The van der Waals surface area contributed by atoms with Crippen molar-refractivity contribution in [3.05, 3.63) is 0 Å². The number of halogens is 1. The van der Waals surface area contributed by atoms with E-state index in [9.17, 15) is 8.42 Å². The van der Waals surface area contributed by atoms with Gasteiger partial charge in [0, 0.05) is 12.4 Å². The van der Waals surface area contributed by atoms with Gasteiger partial charge in [0.05, 0.1) is 24.5 Å². The zero-order valence-corrected chi connectivity index (χ0v) is 10.0. The van der Waals surface area contributed by atoms with Crippen molar-refractivity contribution >= 4 is 21.6 Å². The summed E-state index contributed by atoms with van der Waals surface area (Å²) in [5.74, 6) is 0.284. The number of rotatable bonds is 3. The summed E-state index contributed by atoms with van der Waals surface area (Å²) in [5, 5.41) is -0.397. The SMILES string of the molecule is CC(C)S(=O)(=O)N1CCOCC1CCl. The molecule has 14 heavy (non-hydrogen) atoms. The fourth-order valence-electron chi connectivity index (χ4n) is 1.37. The third-order valence-electron chi connectivity index (χ3n) is 2.27. The van der Waals surface area contributed by atoms with E-state index < -0.39 is 15.3 Å². The summed E-state index contributed by atoms with van der Waals surface area (Å²) in [6.07, 6.45) is 0. The lowest BCUT2D eigenvalue weighted by Crippen LogP contribution is -2.51. The maximum absolute atomic E-state index is 11.9. The third-order valence-corrected chi connectivity index (χ3v) is 4.96. The molecule has 0 aromatic rings. The van der Waals surface area contributed by atoms with Gasteiger partial charge in [-0.15, -0.1) is 11.6 Å². The Balaban J connectivity index is 2.83. The minimum atomic E-state index is -3.19. The molecule has 1 aliphatic rings. The molecular formula is C8H16ClNO3S. The molecule has 1 rings (SSSR count). The Labute approximate surface area is 90.2 Å². The van der Waals surface area contributed by atoms with Crippen LogP contribution in [0.3, 0.4) is 0 Å². The minimum absolute atomic E-state index is 0.210. The van der Waals surface area contributed by atoms with Crippen molar-refractivity contribution in [3.8, 4) is 0 Å². The molecule has 1 unspecified atom stereocenters. The highest BCUT2D eigenvalue weighted by Gasteiger charge is 2.34. The molecule has 0 N–H and O–H groups in total. The number of ether oxygens (including phenoxy) is 1. The molecule has 1 heterocycles. The van der Waals surface area contributed by atoms with Gasteiger partial charge in [-0.1, -0.05) is 0 Å². The fourth-order valence-corrected chi connectivity index (χ4v) is 3.13. The largest absolute Gasteiger partial charge is 0.378 e. The first-order valence-electron chi connectivity index (χ1n) is 4.64. The van der Waals surface area contributed by atoms with Crippen LogP contribution >= 0.6 is 11.6 Å². The van der Waals surface area contributed by atoms with Gasteiger partial charge < -0.3 is 4.74 Å². The lowest BCUT2D eigenvalue weighted by Gasteiger charge is -2.34. The van der Waals surface area contributed by atoms with E-state index in [1.54, 1.807) is 13.8 Å². The van der Waals surface area contributed by atoms with Crippen LogP contribution in [0.15, 0.2) is 0 Å². The Morgan fingerprint density at radius 3 is 2.71 bits per heavy atom. The number of hydrogen-bond donors (Lipinski definition) is 0. The summed E-state index contributed by atoms with van der Waals surface area (Å²) >= 11 is 5.70. The second-order valence-electron chi connectivity index (χ2n) is 3.59. The van der Waals surface area contributed by atoms with Crippen LogP contribution in [0.1, 0.15) is 13.8 Å². The van der Waals surface area contributed by atoms with Crippen LogP contribution in [0, 0.1) is 0 Å². The number of morpholine rings is 1. The van der Waals surface area contributed by atoms with Gasteiger partial charge in [0.25, 0.3) is 0 Å². The first-order valence-corrected chi connectivity index (χ1v) is 6.68. The van der Waals surface area contributed by atoms with Crippen LogP contribution in [-0.2, 0) is 14.8 Å². The van der Waals surface area contributed by atoms with Crippen molar-refractivity contribution in [1.29, 1.82) is 0 Å². The monoisotopic (exact) mass is 241 g/mol.